The van der Waals surface area contributed by atoms with Crippen molar-refractivity contribution < 1.29 is 4.42 Å². The summed E-state index contributed by atoms with van der Waals surface area (Å²) in [5, 5.41) is 8.62. The molecule has 0 saturated carbocycles. The second-order valence-electron chi connectivity index (χ2n) is 6.17. The normalized spacial score (nSPS) is 12.5. The molecule has 0 fully saturated rings. The topological polar surface area (TPSA) is 62.5 Å². The van der Waals surface area contributed by atoms with Gasteiger partial charge in [0.1, 0.15) is 5.76 Å². The van der Waals surface area contributed by atoms with Gasteiger partial charge in [0.2, 0.25) is 5.89 Å². The predicted molar refractivity (Wildman–Crippen MR) is 91.3 cm³/mol. The van der Waals surface area contributed by atoms with Gasteiger partial charge in [0, 0.05) is 17.3 Å². The zero-order valence-electron chi connectivity index (χ0n) is 13.9. The SMILES string of the molecule is CN=C(NCc1ncc(C(C)(C)C)o1)NCc1sccc1C. The summed E-state index contributed by atoms with van der Waals surface area (Å²) >= 11 is 1.75. The molecule has 0 aromatic carbocycles. The first-order valence-electron chi connectivity index (χ1n) is 7.33. The number of guanidine groups is 1. The number of nitrogens with zero attached hydrogens (tertiary/aromatic N) is 2. The molecule has 22 heavy (non-hydrogen) atoms. The molecule has 0 spiro atoms. The summed E-state index contributed by atoms with van der Waals surface area (Å²) in [6.45, 7) is 9.71. The molecule has 2 aromatic rings. The van der Waals surface area contributed by atoms with Crippen LogP contribution in [-0.4, -0.2) is 18.0 Å². The van der Waals surface area contributed by atoms with Crippen LogP contribution in [0.4, 0.5) is 0 Å². The number of aliphatic imine (C=N–C) groups is 1. The number of aryl methyl sites for hydroxylation is 1. The average molecular weight is 320 g/mol. The van der Waals surface area contributed by atoms with E-state index in [1.54, 1.807) is 24.6 Å². The Hall–Kier alpha value is -1.82. The quantitative estimate of drug-likeness (QED) is 0.671. The van der Waals surface area contributed by atoms with Gasteiger partial charge in [0.25, 0.3) is 0 Å². The zero-order valence-corrected chi connectivity index (χ0v) is 14.7. The number of nitrogens with one attached hydrogen (secondary N) is 2. The highest BCUT2D eigenvalue weighted by atomic mass is 32.1. The van der Waals surface area contributed by atoms with E-state index in [0.717, 1.165) is 18.3 Å². The first kappa shape index (κ1) is 16.5. The molecule has 2 heterocycles. The fraction of sp³-hybridized carbons (Fsp3) is 0.500. The van der Waals surface area contributed by atoms with Gasteiger partial charge in [-0.25, -0.2) is 4.98 Å². The molecule has 0 radical (unpaired) electrons. The van der Waals surface area contributed by atoms with Crippen molar-refractivity contribution in [3.63, 3.8) is 0 Å². The van der Waals surface area contributed by atoms with Crippen LogP contribution in [0.15, 0.2) is 27.1 Å². The standard InChI is InChI=1S/C16H24N4OS/c1-11-6-7-22-12(11)8-19-15(17-5)20-10-14-18-9-13(21-14)16(2,3)4/h6-7,9H,8,10H2,1-5H3,(H2,17,19,20). The number of hydrogen-bond acceptors (Lipinski definition) is 4. The smallest absolute Gasteiger partial charge is 0.213 e. The fourth-order valence-corrected chi connectivity index (χ4v) is 2.71. The van der Waals surface area contributed by atoms with E-state index in [-0.39, 0.29) is 5.41 Å². The van der Waals surface area contributed by atoms with Crippen LogP contribution in [0.5, 0.6) is 0 Å². The molecule has 0 amide bonds. The van der Waals surface area contributed by atoms with E-state index in [0.29, 0.717) is 12.4 Å². The van der Waals surface area contributed by atoms with Crippen molar-refractivity contribution in [1.82, 2.24) is 15.6 Å². The van der Waals surface area contributed by atoms with Crippen molar-refractivity contribution >= 4 is 17.3 Å². The maximum absolute atomic E-state index is 5.76. The van der Waals surface area contributed by atoms with Gasteiger partial charge in [0.05, 0.1) is 19.3 Å². The molecule has 2 aromatic heterocycles. The Bertz CT molecular complexity index is 637. The zero-order chi connectivity index (χ0) is 16.2. The van der Waals surface area contributed by atoms with E-state index in [2.05, 4.69) is 59.8 Å². The second kappa shape index (κ2) is 6.96. The highest BCUT2D eigenvalue weighted by Gasteiger charge is 2.19. The third-order valence-electron chi connectivity index (χ3n) is 3.31. The molecule has 0 aliphatic carbocycles. The first-order chi connectivity index (χ1) is 10.4. The van der Waals surface area contributed by atoms with Crippen LogP contribution in [0.2, 0.25) is 0 Å². The molecule has 0 bridgehead atoms. The van der Waals surface area contributed by atoms with Crippen LogP contribution in [0.25, 0.3) is 0 Å². The van der Waals surface area contributed by atoms with Gasteiger partial charge >= 0.3 is 0 Å². The van der Waals surface area contributed by atoms with E-state index < -0.39 is 0 Å². The van der Waals surface area contributed by atoms with Gasteiger partial charge in [-0.05, 0) is 23.9 Å². The maximum atomic E-state index is 5.76. The monoisotopic (exact) mass is 320 g/mol. The molecule has 5 nitrogen and oxygen atoms in total. The summed E-state index contributed by atoms with van der Waals surface area (Å²) in [4.78, 5) is 9.83. The van der Waals surface area contributed by atoms with Gasteiger partial charge in [-0.1, -0.05) is 20.8 Å². The number of hydrogen-bond donors (Lipinski definition) is 2. The van der Waals surface area contributed by atoms with E-state index in [9.17, 15) is 0 Å². The van der Waals surface area contributed by atoms with Crippen molar-refractivity contribution in [1.29, 1.82) is 0 Å². The lowest BCUT2D eigenvalue weighted by atomic mass is 9.94. The highest BCUT2D eigenvalue weighted by molar-refractivity contribution is 7.10. The molecule has 0 aliphatic heterocycles. The molecule has 0 saturated heterocycles. The van der Waals surface area contributed by atoms with Gasteiger partial charge < -0.3 is 15.1 Å². The summed E-state index contributed by atoms with van der Waals surface area (Å²) in [5.41, 5.74) is 1.28. The van der Waals surface area contributed by atoms with Crippen molar-refractivity contribution in [2.75, 3.05) is 7.05 Å². The van der Waals surface area contributed by atoms with Gasteiger partial charge in [-0.3, -0.25) is 4.99 Å². The average Bonchev–Trinajstić information content (AvgIpc) is 3.08. The van der Waals surface area contributed by atoms with Crippen molar-refractivity contribution in [3.05, 3.63) is 39.7 Å². The third kappa shape index (κ3) is 4.34. The minimum absolute atomic E-state index is 0.0259. The number of oxazole rings is 1. The minimum atomic E-state index is -0.0259. The van der Waals surface area contributed by atoms with Crippen LogP contribution in [0, 0.1) is 6.92 Å². The molecule has 2 rings (SSSR count). The molecule has 0 aliphatic rings. The minimum Gasteiger partial charge on any atom is -0.443 e. The van der Waals surface area contributed by atoms with Gasteiger partial charge in [0.15, 0.2) is 5.96 Å². The molecule has 0 atom stereocenters. The van der Waals surface area contributed by atoms with Crippen molar-refractivity contribution in [3.8, 4) is 0 Å². The lowest BCUT2D eigenvalue weighted by Crippen LogP contribution is -2.36. The molecule has 0 unspecified atom stereocenters. The van der Waals surface area contributed by atoms with Crippen molar-refractivity contribution in [2.24, 2.45) is 4.99 Å². The number of thiophene rings is 1. The lowest BCUT2D eigenvalue weighted by Gasteiger charge is -2.13. The Morgan fingerprint density at radius 2 is 2.05 bits per heavy atom. The Labute approximate surface area is 135 Å². The molecular weight excluding hydrogens is 296 g/mol. The third-order valence-corrected chi connectivity index (χ3v) is 4.33. The highest BCUT2D eigenvalue weighted by Crippen LogP contribution is 2.22. The van der Waals surface area contributed by atoms with Crippen LogP contribution in [0.1, 0.15) is 42.9 Å². The molecule has 120 valence electrons. The van der Waals surface area contributed by atoms with E-state index in [4.69, 9.17) is 4.42 Å². The van der Waals surface area contributed by atoms with E-state index in [1.165, 1.54) is 10.4 Å². The van der Waals surface area contributed by atoms with Crippen LogP contribution in [-0.2, 0) is 18.5 Å². The Balaban J connectivity index is 1.86. The first-order valence-corrected chi connectivity index (χ1v) is 8.21. The van der Waals surface area contributed by atoms with Crippen LogP contribution in [0.3, 0.4) is 0 Å². The maximum Gasteiger partial charge on any atom is 0.213 e. The van der Waals surface area contributed by atoms with Gasteiger partial charge in [-0.2, -0.15) is 0 Å². The van der Waals surface area contributed by atoms with Gasteiger partial charge in [-0.15, -0.1) is 11.3 Å². The van der Waals surface area contributed by atoms with Crippen LogP contribution >= 0.6 is 11.3 Å². The molecular formula is C16H24N4OS. The summed E-state index contributed by atoms with van der Waals surface area (Å²) in [7, 11) is 1.76. The molecule has 2 N–H and O–H groups in total. The largest absolute Gasteiger partial charge is 0.443 e. The number of aromatic nitrogens is 1. The summed E-state index contributed by atoms with van der Waals surface area (Å²) in [6, 6.07) is 2.12. The Morgan fingerprint density at radius 3 is 2.59 bits per heavy atom. The Kier molecular flexibility index (Phi) is 5.24. The van der Waals surface area contributed by atoms with E-state index in [1.807, 2.05) is 0 Å². The van der Waals surface area contributed by atoms with Crippen LogP contribution < -0.4 is 10.6 Å². The lowest BCUT2D eigenvalue weighted by molar-refractivity contribution is 0.379. The van der Waals surface area contributed by atoms with E-state index >= 15 is 0 Å². The molecule has 6 heteroatoms. The predicted octanol–water partition coefficient (Wildman–Crippen LogP) is 3.21. The summed E-state index contributed by atoms with van der Waals surface area (Å²) in [6.07, 6.45) is 1.79. The summed E-state index contributed by atoms with van der Waals surface area (Å²) in [5.74, 6) is 2.30. The number of rotatable bonds is 4. The van der Waals surface area contributed by atoms with Crippen molar-refractivity contribution in [2.45, 2.75) is 46.2 Å². The fourth-order valence-electron chi connectivity index (χ4n) is 1.87. The second-order valence-corrected chi connectivity index (χ2v) is 7.18. The summed E-state index contributed by atoms with van der Waals surface area (Å²) < 4.78 is 5.76. The Morgan fingerprint density at radius 1 is 1.32 bits per heavy atom.